The summed E-state index contributed by atoms with van der Waals surface area (Å²) in [7, 11) is 1.42. The van der Waals surface area contributed by atoms with Crippen LogP contribution in [0.1, 0.15) is 90.4 Å². The predicted octanol–water partition coefficient (Wildman–Crippen LogP) is 4.36. The lowest BCUT2D eigenvalue weighted by atomic mass is 10.0. The molecule has 0 aromatic rings. The largest absolute Gasteiger partial charge is 0.469 e. The van der Waals surface area contributed by atoms with Crippen molar-refractivity contribution in [1.29, 1.82) is 0 Å². The first-order chi connectivity index (χ1) is 11.6. The van der Waals surface area contributed by atoms with Gasteiger partial charge in [0, 0.05) is 26.2 Å². The van der Waals surface area contributed by atoms with Gasteiger partial charge in [-0.25, -0.2) is 0 Å². The summed E-state index contributed by atoms with van der Waals surface area (Å²) >= 11 is 0. The van der Waals surface area contributed by atoms with Crippen LogP contribution in [-0.2, 0) is 23.9 Å². The average Bonchev–Trinajstić information content (AvgIpc) is 2.55. The molecule has 0 N–H and O–H groups in total. The highest BCUT2D eigenvalue weighted by atomic mass is 16.5. The topological polar surface area (TPSA) is 69.7 Å². The van der Waals surface area contributed by atoms with Crippen LogP contribution < -0.4 is 0 Å². The molecule has 0 bridgehead atoms. The summed E-state index contributed by atoms with van der Waals surface area (Å²) in [5.41, 5.74) is 0. The Bertz CT molecular complexity index is 352. The second-order valence-electron chi connectivity index (χ2n) is 6.24. The number of ketones is 1. The van der Waals surface area contributed by atoms with Crippen LogP contribution in [0.4, 0.5) is 0 Å². The van der Waals surface area contributed by atoms with Crippen molar-refractivity contribution in [2.75, 3.05) is 13.7 Å². The van der Waals surface area contributed by atoms with Gasteiger partial charge in [0.05, 0.1) is 13.7 Å². The third-order valence-corrected chi connectivity index (χ3v) is 3.97. The minimum atomic E-state index is -0.228. The van der Waals surface area contributed by atoms with E-state index < -0.39 is 0 Å². The Morgan fingerprint density at radius 3 is 1.62 bits per heavy atom. The van der Waals surface area contributed by atoms with Crippen molar-refractivity contribution in [2.24, 2.45) is 0 Å². The monoisotopic (exact) mass is 342 g/mol. The summed E-state index contributed by atoms with van der Waals surface area (Å²) < 4.78 is 9.45. The molecule has 24 heavy (non-hydrogen) atoms. The molecule has 0 amide bonds. The van der Waals surface area contributed by atoms with Crippen LogP contribution >= 0.6 is 0 Å². The Balaban J connectivity index is 3.24. The number of Topliss-reactive ketones (excluding diaryl/α,β-unsaturated/α-hetero) is 1. The van der Waals surface area contributed by atoms with Gasteiger partial charge in [-0.1, -0.05) is 38.5 Å². The molecule has 0 aliphatic carbocycles. The molecule has 0 aliphatic rings. The van der Waals surface area contributed by atoms with Gasteiger partial charge in [-0.2, -0.15) is 0 Å². The van der Waals surface area contributed by atoms with Gasteiger partial charge >= 0.3 is 11.9 Å². The third kappa shape index (κ3) is 17.0. The molecule has 0 unspecified atom stereocenters. The number of esters is 2. The highest BCUT2D eigenvalue weighted by molar-refractivity contribution is 5.78. The van der Waals surface area contributed by atoms with E-state index in [4.69, 9.17) is 4.74 Å². The minimum Gasteiger partial charge on any atom is -0.469 e. The van der Waals surface area contributed by atoms with Crippen molar-refractivity contribution in [3.05, 3.63) is 0 Å². The maximum absolute atomic E-state index is 11.7. The number of ether oxygens (including phenoxy) is 2. The van der Waals surface area contributed by atoms with Crippen molar-refractivity contribution < 1.29 is 23.9 Å². The Kier molecular flexibility index (Phi) is 15.5. The highest BCUT2D eigenvalue weighted by Crippen LogP contribution is 2.11. The molecule has 0 saturated carbocycles. The molecule has 0 rings (SSSR count). The first-order valence-electron chi connectivity index (χ1n) is 9.28. The van der Waals surface area contributed by atoms with Crippen LogP contribution in [0.3, 0.4) is 0 Å². The summed E-state index contributed by atoms with van der Waals surface area (Å²) in [5, 5.41) is 0. The molecule has 5 nitrogen and oxygen atoms in total. The molecule has 0 aliphatic heterocycles. The first kappa shape index (κ1) is 22.6. The van der Waals surface area contributed by atoms with Crippen molar-refractivity contribution in [1.82, 2.24) is 0 Å². The molecule has 0 heterocycles. The molecule has 0 aromatic carbocycles. The lowest BCUT2D eigenvalue weighted by Gasteiger charge is -2.03. The van der Waals surface area contributed by atoms with E-state index in [1.54, 1.807) is 0 Å². The number of unbranched alkanes of at least 4 members (excludes halogenated alkanes) is 8. The van der Waals surface area contributed by atoms with E-state index in [1.165, 1.54) is 14.0 Å². The maximum atomic E-state index is 11.7. The molecule has 0 radical (unpaired) electrons. The van der Waals surface area contributed by atoms with E-state index in [0.29, 0.717) is 31.7 Å². The lowest BCUT2D eigenvalue weighted by molar-refractivity contribution is -0.141. The molecular weight excluding hydrogens is 308 g/mol. The Labute approximate surface area is 146 Å². The van der Waals surface area contributed by atoms with Gasteiger partial charge in [-0.05, 0) is 25.7 Å². The molecule has 0 spiro atoms. The van der Waals surface area contributed by atoms with Crippen LogP contribution in [0, 0.1) is 0 Å². The van der Waals surface area contributed by atoms with Crippen molar-refractivity contribution in [3.8, 4) is 0 Å². The van der Waals surface area contributed by atoms with Gasteiger partial charge in [0.15, 0.2) is 0 Å². The Morgan fingerprint density at radius 2 is 1.12 bits per heavy atom. The fourth-order valence-corrected chi connectivity index (χ4v) is 2.52. The number of methoxy groups -OCH3 is 1. The van der Waals surface area contributed by atoms with E-state index in [0.717, 1.165) is 64.2 Å². The van der Waals surface area contributed by atoms with E-state index >= 15 is 0 Å². The summed E-state index contributed by atoms with van der Waals surface area (Å²) in [6, 6.07) is 0. The van der Waals surface area contributed by atoms with Crippen LogP contribution in [0.25, 0.3) is 0 Å². The third-order valence-electron chi connectivity index (χ3n) is 3.97. The van der Waals surface area contributed by atoms with Gasteiger partial charge in [0.1, 0.15) is 5.78 Å². The fraction of sp³-hybridized carbons (Fsp3) is 0.842. The lowest BCUT2D eigenvalue weighted by Crippen LogP contribution is -2.01. The summed E-state index contributed by atoms with van der Waals surface area (Å²) in [5.74, 6) is 0.00120. The SMILES string of the molecule is COC(=O)CCCCCCCCC(=O)CCCCCCOC(C)=O. The van der Waals surface area contributed by atoms with E-state index in [2.05, 4.69) is 4.74 Å². The first-order valence-corrected chi connectivity index (χ1v) is 9.28. The molecule has 0 atom stereocenters. The van der Waals surface area contributed by atoms with Crippen molar-refractivity contribution in [2.45, 2.75) is 90.4 Å². The molecule has 0 saturated heterocycles. The second-order valence-corrected chi connectivity index (χ2v) is 6.24. The molecular formula is C19H34O5. The van der Waals surface area contributed by atoms with E-state index in [9.17, 15) is 14.4 Å². The second kappa shape index (κ2) is 16.5. The average molecular weight is 342 g/mol. The number of rotatable bonds is 16. The van der Waals surface area contributed by atoms with Crippen LogP contribution in [-0.4, -0.2) is 31.4 Å². The number of hydrogen-bond acceptors (Lipinski definition) is 5. The Morgan fingerprint density at radius 1 is 0.667 bits per heavy atom. The standard InChI is InChI=1S/C19H34O5/c1-17(20)24-16-12-8-7-10-14-18(21)13-9-5-3-4-6-11-15-19(22)23-2/h3-16H2,1-2H3. The van der Waals surface area contributed by atoms with Crippen molar-refractivity contribution >= 4 is 17.7 Å². The molecule has 5 heteroatoms. The van der Waals surface area contributed by atoms with Gasteiger partial charge in [0.2, 0.25) is 0 Å². The molecule has 140 valence electrons. The number of carbonyl (C=O) groups is 3. The van der Waals surface area contributed by atoms with E-state index in [1.807, 2.05) is 0 Å². The smallest absolute Gasteiger partial charge is 0.305 e. The fourth-order valence-electron chi connectivity index (χ4n) is 2.52. The van der Waals surface area contributed by atoms with Gasteiger partial charge in [-0.15, -0.1) is 0 Å². The summed E-state index contributed by atoms with van der Waals surface area (Å²) in [6.07, 6.45) is 12.0. The minimum absolute atomic E-state index is 0.132. The number of carbonyl (C=O) groups excluding carboxylic acids is 3. The summed E-state index contributed by atoms with van der Waals surface area (Å²) in [4.78, 5) is 33.2. The zero-order valence-electron chi connectivity index (χ0n) is 15.4. The van der Waals surface area contributed by atoms with Crippen molar-refractivity contribution in [3.63, 3.8) is 0 Å². The van der Waals surface area contributed by atoms with Crippen LogP contribution in [0.15, 0.2) is 0 Å². The summed E-state index contributed by atoms with van der Waals surface area (Å²) in [6.45, 7) is 1.91. The van der Waals surface area contributed by atoms with Gasteiger partial charge < -0.3 is 9.47 Å². The van der Waals surface area contributed by atoms with Crippen LogP contribution in [0.5, 0.6) is 0 Å². The van der Waals surface area contributed by atoms with Gasteiger partial charge in [-0.3, -0.25) is 14.4 Å². The van der Waals surface area contributed by atoms with Gasteiger partial charge in [0.25, 0.3) is 0 Å². The quantitative estimate of drug-likeness (QED) is 0.308. The molecule has 0 aromatic heterocycles. The zero-order valence-corrected chi connectivity index (χ0v) is 15.4. The highest BCUT2D eigenvalue weighted by Gasteiger charge is 2.03. The zero-order chi connectivity index (χ0) is 18.0. The molecule has 0 fully saturated rings. The normalized spacial score (nSPS) is 10.4. The van der Waals surface area contributed by atoms with E-state index in [-0.39, 0.29) is 11.9 Å². The predicted molar refractivity (Wildman–Crippen MR) is 93.7 cm³/mol. The maximum Gasteiger partial charge on any atom is 0.305 e. The Hall–Kier alpha value is -1.39. The number of hydrogen-bond donors (Lipinski definition) is 0. The van der Waals surface area contributed by atoms with Crippen LogP contribution in [0.2, 0.25) is 0 Å².